The highest BCUT2D eigenvalue weighted by molar-refractivity contribution is 5.91. The van der Waals surface area contributed by atoms with Gasteiger partial charge >= 0.3 is 11.9 Å². The van der Waals surface area contributed by atoms with Crippen LogP contribution in [0.25, 0.3) is 0 Å². The van der Waals surface area contributed by atoms with Crippen molar-refractivity contribution in [1.29, 1.82) is 0 Å². The largest absolute Gasteiger partial charge is 0.478 e. The van der Waals surface area contributed by atoms with Crippen molar-refractivity contribution in [3.8, 4) is 5.75 Å². The number of hydrogen-bond acceptors (Lipinski definition) is 4. The second-order valence-corrected chi connectivity index (χ2v) is 7.91. The van der Waals surface area contributed by atoms with E-state index in [0.29, 0.717) is 22.8 Å². The number of carbonyl (C=O) groups is 2. The summed E-state index contributed by atoms with van der Waals surface area (Å²) in [6, 6.07) is 21.9. The van der Waals surface area contributed by atoms with Crippen molar-refractivity contribution in [2.45, 2.75) is 18.4 Å². The lowest BCUT2D eigenvalue weighted by atomic mass is 9.76. The standard InChI is InChI=1S/C26H21NO4/c28-25(29)18-11-14-23-22(15-18)20-7-4-8-21(20)24(27-23)16-9-12-19(13-10-16)31-26(30)17-5-2-1-3-6-17/h1-7,9-15,20-21,24,27H,8H2,(H,28,29)/t20-,21+,24+/m1/s1. The number of esters is 1. The Bertz CT molecular complexity index is 1170. The maximum Gasteiger partial charge on any atom is 0.343 e. The molecule has 3 aromatic rings. The molecule has 1 aliphatic heterocycles. The smallest absolute Gasteiger partial charge is 0.343 e. The van der Waals surface area contributed by atoms with Crippen molar-refractivity contribution in [3.05, 3.63) is 107 Å². The molecule has 1 heterocycles. The van der Waals surface area contributed by atoms with Crippen LogP contribution in [0.4, 0.5) is 5.69 Å². The highest BCUT2D eigenvalue weighted by Crippen LogP contribution is 2.50. The van der Waals surface area contributed by atoms with E-state index in [4.69, 9.17) is 4.74 Å². The van der Waals surface area contributed by atoms with E-state index in [-0.39, 0.29) is 17.9 Å². The first kappa shape index (κ1) is 19.1. The van der Waals surface area contributed by atoms with Gasteiger partial charge in [0.1, 0.15) is 5.75 Å². The second kappa shape index (κ2) is 7.76. The van der Waals surface area contributed by atoms with Gasteiger partial charge in [-0.3, -0.25) is 0 Å². The molecule has 0 saturated carbocycles. The summed E-state index contributed by atoms with van der Waals surface area (Å²) in [7, 11) is 0. The maximum atomic E-state index is 12.3. The zero-order valence-electron chi connectivity index (χ0n) is 16.7. The lowest BCUT2D eigenvalue weighted by Gasteiger charge is -2.37. The Kier molecular flexibility index (Phi) is 4.79. The molecule has 2 N–H and O–H groups in total. The van der Waals surface area contributed by atoms with Gasteiger partial charge in [0, 0.05) is 11.6 Å². The third kappa shape index (κ3) is 3.59. The molecule has 0 bridgehead atoms. The normalized spacial score (nSPS) is 21.0. The Morgan fingerprint density at radius 3 is 2.45 bits per heavy atom. The van der Waals surface area contributed by atoms with Crippen LogP contribution < -0.4 is 10.1 Å². The minimum absolute atomic E-state index is 0.0852. The Labute approximate surface area is 180 Å². The van der Waals surface area contributed by atoms with Gasteiger partial charge in [-0.1, -0.05) is 42.5 Å². The van der Waals surface area contributed by atoms with Gasteiger partial charge in [-0.15, -0.1) is 0 Å². The van der Waals surface area contributed by atoms with Crippen LogP contribution in [0.1, 0.15) is 50.2 Å². The van der Waals surface area contributed by atoms with Gasteiger partial charge in [0.25, 0.3) is 0 Å². The van der Waals surface area contributed by atoms with Crippen molar-refractivity contribution >= 4 is 17.6 Å². The predicted molar refractivity (Wildman–Crippen MR) is 118 cm³/mol. The molecule has 31 heavy (non-hydrogen) atoms. The summed E-state index contributed by atoms with van der Waals surface area (Å²) in [5.41, 5.74) is 3.91. The van der Waals surface area contributed by atoms with Gasteiger partial charge in [0.2, 0.25) is 0 Å². The highest BCUT2D eigenvalue weighted by atomic mass is 16.5. The van der Waals surface area contributed by atoms with Crippen LogP contribution in [0.5, 0.6) is 5.75 Å². The van der Waals surface area contributed by atoms with Crippen LogP contribution in [-0.4, -0.2) is 17.0 Å². The number of nitrogens with one attached hydrogen (secondary N) is 1. The summed E-state index contributed by atoms with van der Waals surface area (Å²) >= 11 is 0. The van der Waals surface area contributed by atoms with Crippen LogP contribution >= 0.6 is 0 Å². The zero-order chi connectivity index (χ0) is 21.4. The van der Waals surface area contributed by atoms with Crippen LogP contribution in [-0.2, 0) is 0 Å². The SMILES string of the molecule is O=C(O)c1ccc2c(c1)[C@@H]1C=CC[C@@H]1[C@H](c1ccc(OC(=O)c3ccccc3)cc1)N2. The highest BCUT2D eigenvalue weighted by Gasteiger charge is 2.38. The molecule has 5 heteroatoms. The molecule has 0 amide bonds. The van der Waals surface area contributed by atoms with Gasteiger partial charge in [-0.2, -0.15) is 0 Å². The third-order valence-electron chi connectivity index (χ3n) is 6.07. The van der Waals surface area contributed by atoms with E-state index in [2.05, 4.69) is 17.5 Å². The molecule has 0 unspecified atom stereocenters. The molecular formula is C26H21NO4. The molecule has 0 saturated heterocycles. The number of carboxylic acids is 1. The fourth-order valence-corrected chi connectivity index (χ4v) is 4.54. The first-order valence-electron chi connectivity index (χ1n) is 10.3. The van der Waals surface area contributed by atoms with Crippen LogP contribution in [0.15, 0.2) is 84.9 Å². The molecule has 154 valence electrons. The maximum absolute atomic E-state index is 12.3. The Balaban J connectivity index is 1.38. The van der Waals surface area contributed by atoms with Crippen LogP contribution in [0.3, 0.4) is 0 Å². The summed E-state index contributed by atoms with van der Waals surface area (Å²) in [6.07, 6.45) is 5.27. The number of anilines is 1. The van der Waals surface area contributed by atoms with Crippen LogP contribution in [0, 0.1) is 5.92 Å². The van der Waals surface area contributed by atoms with Crippen molar-refractivity contribution in [2.75, 3.05) is 5.32 Å². The fourth-order valence-electron chi connectivity index (χ4n) is 4.54. The lowest BCUT2D eigenvalue weighted by molar-refractivity contribution is 0.0694. The Hall–Kier alpha value is -3.86. The summed E-state index contributed by atoms with van der Waals surface area (Å²) in [5.74, 6) is -0.317. The summed E-state index contributed by atoms with van der Waals surface area (Å²) < 4.78 is 5.49. The van der Waals surface area contributed by atoms with E-state index in [1.807, 2.05) is 36.4 Å². The molecule has 0 fully saturated rings. The average molecular weight is 411 g/mol. The topological polar surface area (TPSA) is 75.6 Å². The number of hydrogen-bond donors (Lipinski definition) is 2. The summed E-state index contributed by atoms with van der Waals surface area (Å²) in [5, 5.41) is 12.9. The van der Waals surface area contributed by atoms with Crippen molar-refractivity contribution in [3.63, 3.8) is 0 Å². The average Bonchev–Trinajstić information content (AvgIpc) is 3.30. The van der Waals surface area contributed by atoms with Gasteiger partial charge in [0.15, 0.2) is 0 Å². The number of aromatic carboxylic acids is 1. The number of fused-ring (bicyclic) bond motifs is 3. The number of allylic oxidation sites excluding steroid dienone is 2. The van der Waals surface area contributed by atoms with E-state index >= 15 is 0 Å². The fraction of sp³-hybridized carbons (Fsp3) is 0.154. The molecule has 5 nitrogen and oxygen atoms in total. The number of rotatable bonds is 4. The second-order valence-electron chi connectivity index (χ2n) is 7.91. The molecule has 0 aromatic heterocycles. The summed E-state index contributed by atoms with van der Waals surface area (Å²) in [6.45, 7) is 0. The number of ether oxygens (including phenoxy) is 1. The Morgan fingerprint density at radius 1 is 0.935 bits per heavy atom. The number of carboxylic acid groups (broad SMARTS) is 1. The van der Waals surface area contributed by atoms with Crippen molar-refractivity contribution in [2.24, 2.45) is 5.92 Å². The first-order valence-corrected chi connectivity index (χ1v) is 10.3. The summed E-state index contributed by atoms with van der Waals surface area (Å²) in [4.78, 5) is 23.7. The molecule has 3 aromatic carbocycles. The first-order chi connectivity index (χ1) is 15.1. The van der Waals surface area contributed by atoms with Gasteiger partial charge < -0.3 is 15.2 Å². The van der Waals surface area contributed by atoms with E-state index in [0.717, 1.165) is 23.2 Å². The lowest BCUT2D eigenvalue weighted by Crippen LogP contribution is -2.29. The Morgan fingerprint density at radius 2 is 1.71 bits per heavy atom. The monoisotopic (exact) mass is 411 g/mol. The minimum Gasteiger partial charge on any atom is -0.478 e. The van der Waals surface area contributed by atoms with Crippen molar-refractivity contribution < 1.29 is 19.4 Å². The van der Waals surface area contributed by atoms with E-state index in [1.165, 1.54) is 0 Å². The molecular weight excluding hydrogens is 390 g/mol. The van der Waals surface area contributed by atoms with Crippen molar-refractivity contribution in [1.82, 2.24) is 0 Å². The molecule has 1 aliphatic carbocycles. The number of benzene rings is 3. The third-order valence-corrected chi connectivity index (χ3v) is 6.07. The molecule has 0 spiro atoms. The predicted octanol–water partition coefficient (Wildman–Crippen LogP) is 5.43. The van der Waals surface area contributed by atoms with E-state index in [9.17, 15) is 14.7 Å². The van der Waals surface area contributed by atoms with E-state index in [1.54, 1.807) is 36.4 Å². The quantitative estimate of drug-likeness (QED) is 0.340. The molecule has 2 aliphatic rings. The molecule has 0 radical (unpaired) electrons. The molecule has 5 rings (SSSR count). The number of carbonyl (C=O) groups excluding carboxylic acids is 1. The van der Waals surface area contributed by atoms with Gasteiger partial charge in [0.05, 0.1) is 17.2 Å². The zero-order valence-corrected chi connectivity index (χ0v) is 16.7. The van der Waals surface area contributed by atoms with Crippen LogP contribution in [0.2, 0.25) is 0 Å². The van der Waals surface area contributed by atoms with Gasteiger partial charge in [-0.05, 0) is 65.9 Å². The van der Waals surface area contributed by atoms with Gasteiger partial charge in [-0.25, -0.2) is 9.59 Å². The minimum atomic E-state index is -0.913. The van der Waals surface area contributed by atoms with E-state index < -0.39 is 5.97 Å². The molecule has 3 atom stereocenters.